The second-order valence-corrected chi connectivity index (χ2v) is 2.15. The van der Waals surface area contributed by atoms with E-state index in [0.717, 1.165) is 6.20 Å². The fraction of sp³-hybridized carbons (Fsp3) is 0.286. The molecule has 12 heavy (non-hydrogen) atoms. The molecule has 0 saturated carbocycles. The van der Waals surface area contributed by atoms with Crippen LogP contribution in [0.25, 0.3) is 0 Å². The van der Waals surface area contributed by atoms with Crippen molar-refractivity contribution in [3.8, 4) is 0 Å². The molecule has 0 amide bonds. The zero-order valence-electron chi connectivity index (χ0n) is 6.41. The van der Waals surface area contributed by atoms with Crippen LogP contribution < -0.4 is 0 Å². The lowest BCUT2D eigenvalue weighted by Crippen LogP contribution is -2.07. The van der Waals surface area contributed by atoms with E-state index in [-0.39, 0.29) is 11.5 Å². The van der Waals surface area contributed by atoms with Crippen molar-refractivity contribution < 1.29 is 14.3 Å². The number of aryl methyl sites for hydroxylation is 1. The SMILES string of the molecule is CCc1nc(C(=O)O)ncc1F. The van der Waals surface area contributed by atoms with E-state index in [1.54, 1.807) is 6.92 Å². The van der Waals surface area contributed by atoms with Crippen LogP contribution in [0.3, 0.4) is 0 Å². The van der Waals surface area contributed by atoms with Gasteiger partial charge in [-0.15, -0.1) is 0 Å². The van der Waals surface area contributed by atoms with Gasteiger partial charge in [0.1, 0.15) is 0 Å². The maximum Gasteiger partial charge on any atom is 0.373 e. The van der Waals surface area contributed by atoms with Gasteiger partial charge in [-0.3, -0.25) is 0 Å². The van der Waals surface area contributed by atoms with Gasteiger partial charge < -0.3 is 5.11 Å². The highest BCUT2D eigenvalue weighted by molar-refractivity contribution is 5.82. The fourth-order valence-electron chi connectivity index (χ4n) is 0.753. The number of nitrogens with zero attached hydrogens (tertiary/aromatic N) is 2. The highest BCUT2D eigenvalue weighted by atomic mass is 19.1. The third kappa shape index (κ3) is 1.55. The van der Waals surface area contributed by atoms with Crippen molar-refractivity contribution in [1.29, 1.82) is 0 Å². The first-order valence-electron chi connectivity index (χ1n) is 3.40. The minimum Gasteiger partial charge on any atom is -0.475 e. The van der Waals surface area contributed by atoms with E-state index < -0.39 is 11.8 Å². The summed E-state index contributed by atoms with van der Waals surface area (Å²) in [6, 6.07) is 0. The predicted molar refractivity (Wildman–Crippen MR) is 38.3 cm³/mol. The molecule has 5 heteroatoms. The summed E-state index contributed by atoms with van der Waals surface area (Å²) >= 11 is 0. The Balaban J connectivity index is 3.13. The minimum atomic E-state index is -1.25. The summed E-state index contributed by atoms with van der Waals surface area (Å²) in [6.07, 6.45) is 1.23. The van der Waals surface area contributed by atoms with Gasteiger partial charge >= 0.3 is 5.97 Å². The van der Waals surface area contributed by atoms with Crippen LogP contribution in [0.15, 0.2) is 6.20 Å². The van der Waals surface area contributed by atoms with Gasteiger partial charge in [0.2, 0.25) is 5.82 Å². The largest absolute Gasteiger partial charge is 0.475 e. The van der Waals surface area contributed by atoms with E-state index in [2.05, 4.69) is 9.97 Å². The molecule has 0 radical (unpaired) electrons. The van der Waals surface area contributed by atoms with Crippen molar-refractivity contribution in [2.24, 2.45) is 0 Å². The van der Waals surface area contributed by atoms with Crippen LogP contribution in [0.1, 0.15) is 23.2 Å². The van der Waals surface area contributed by atoms with Crippen LogP contribution in [0.2, 0.25) is 0 Å². The molecule has 0 saturated heterocycles. The number of hydrogen-bond acceptors (Lipinski definition) is 3. The van der Waals surface area contributed by atoms with Gasteiger partial charge in [0.25, 0.3) is 0 Å². The van der Waals surface area contributed by atoms with Gasteiger partial charge in [0.05, 0.1) is 11.9 Å². The molecule has 0 aromatic carbocycles. The molecule has 1 rings (SSSR count). The van der Waals surface area contributed by atoms with Gasteiger partial charge in [0, 0.05) is 0 Å². The zero-order valence-corrected chi connectivity index (χ0v) is 6.41. The summed E-state index contributed by atoms with van der Waals surface area (Å²) in [6.45, 7) is 1.69. The number of rotatable bonds is 2. The molecule has 0 bridgehead atoms. The summed E-state index contributed by atoms with van der Waals surface area (Å²) in [4.78, 5) is 17.1. The van der Waals surface area contributed by atoms with Crippen LogP contribution in [0.4, 0.5) is 4.39 Å². The molecular formula is C7H7FN2O2. The third-order valence-corrected chi connectivity index (χ3v) is 1.34. The number of carboxylic acid groups (broad SMARTS) is 1. The van der Waals surface area contributed by atoms with Crippen LogP contribution in [0, 0.1) is 5.82 Å². The van der Waals surface area contributed by atoms with Gasteiger partial charge in [0.15, 0.2) is 5.82 Å². The third-order valence-electron chi connectivity index (χ3n) is 1.34. The molecule has 1 heterocycles. The molecule has 1 N–H and O–H groups in total. The lowest BCUT2D eigenvalue weighted by atomic mass is 10.3. The monoisotopic (exact) mass is 170 g/mol. The number of aromatic nitrogens is 2. The number of aromatic carboxylic acids is 1. The van der Waals surface area contributed by atoms with Crippen LogP contribution >= 0.6 is 0 Å². The van der Waals surface area contributed by atoms with Crippen LogP contribution in [0.5, 0.6) is 0 Å². The Morgan fingerprint density at radius 1 is 1.75 bits per heavy atom. The molecule has 0 spiro atoms. The molecule has 0 aliphatic heterocycles. The van der Waals surface area contributed by atoms with Crippen molar-refractivity contribution >= 4 is 5.97 Å². The van der Waals surface area contributed by atoms with E-state index in [4.69, 9.17) is 5.11 Å². The van der Waals surface area contributed by atoms with E-state index in [0.29, 0.717) is 6.42 Å². The molecule has 0 aliphatic carbocycles. The molecule has 0 atom stereocenters. The molecule has 64 valence electrons. The first kappa shape index (κ1) is 8.58. The predicted octanol–water partition coefficient (Wildman–Crippen LogP) is 0.876. The molecule has 0 unspecified atom stereocenters. The average Bonchev–Trinajstić information content (AvgIpc) is 2.05. The van der Waals surface area contributed by atoms with E-state index in [9.17, 15) is 9.18 Å². The van der Waals surface area contributed by atoms with Gasteiger partial charge in [-0.25, -0.2) is 19.2 Å². The Kier molecular flexibility index (Phi) is 2.32. The Morgan fingerprint density at radius 3 is 2.92 bits per heavy atom. The number of carbonyl (C=O) groups is 1. The molecule has 0 aliphatic rings. The molecule has 4 nitrogen and oxygen atoms in total. The molecule has 0 fully saturated rings. The smallest absolute Gasteiger partial charge is 0.373 e. The Morgan fingerprint density at radius 2 is 2.42 bits per heavy atom. The second-order valence-electron chi connectivity index (χ2n) is 2.15. The number of halogens is 1. The Hall–Kier alpha value is -1.52. The van der Waals surface area contributed by atoms with E-state index in [1.807, 2.05) is 0 Å². The lowest BCUT2D eigenvalue weighted by molar-refractivity contribution is 0.0683. The van der Waals surface area contributed by atoms with Crippen molar-refractivity contribution in [1.82, 2.24) is 9.97 Å². The average molecular weight is 170 g/mol. The summed E-state index contributed by atoms with van der Waals surface area (Å²) in [5.74, 6) is -2.18. The fourth-order valence-corrected chi connectivity index (χ4v) is 0.753. The number of carboxylic acids is 1. The first-order valence-corrected chi connectivity index (χ1v) is 3.40. The van der Waals surface area contributed by atoms with Crippen molar-refractivity contribution in [2.45, 2.75) is 13.3 Å². The normalized spacial score (nSPS) is 9.83. The van der Waals surface area contributed by atoms with Gasteiger partial charge in [-0.2, -0.15) is 0 Å². The Labute approximate surface area is 68.1 Å². The minimum absolute atomic E-state index is 0.127. The first-order chi connectivity index (χ1) is 5.65. The molecule has 1 aromatic heterocycles. The maximum atomic E-state index is 12.7. The quantitative estimate of drug-likeness (QED) is 0.715. The second kappa shape index (κ2) is 3.25. The molecular weight excluding hydrogens is 163 g/mol. The van der Waals surface area contributed by atoms with Crippen LogP contribution in [-0.2, 0) is 6.42 Å². The van der Waals surface area contributed by atoms with Gasteiger partial charge in [-0.05, 0) is 6.42 Å². The van der Waals surface area contributed by atoms with Crippen molar-refractivity contribution in [3.05, 3.63) is 23.5 Å². The van der Waals surface area contributed by atoms with Crippen molar-refractivity contribution in [2.75, 3.05) is 0 Å². The topological polar surface area (TPSA) is 63.1 Å². The summed E-state index contributed by atoms with van der Waals surface area (Å²) < 4.78 is 12.7. The number of hydrogen-bond donors (Lipinski definition) is 1. The highest BCUT2D eigenvalue weighted by Gasteiger charge is 2.09. The standard InChI is InChI=1S/C7H7FN2O2/c1-2-5-4(8)3-9-6(10-5)7(11)12/h3H,2H2,1H3,(H,11,12). The molecule has 1 aromatic rings. The van der Waals surface area contributed by atoms with E-state index in [1.165, 1.54) is 0 Å². The van der Waals surface area contributed by atoms with Crippen molar-refractivity contribution in [3.63, 3.8) is 0 Å². The summed E-state index contributed by atoms with van der Waals surface area (Å²) in [5.41, 5.74) is 0.127. The van der Waals surface area contributed by atoms with E-state index >= 15 is 0 Å². The zero-order chi connectivity index (χ0) is 9.14. The Bertz CT molecular complexity index is 314. The lowest BCUT2D eigenvalue weighted by Gasteiger charge is -1.98. The van der Waals surface area contributed by atoms with Gasteiger partial charge in [-0.1, -0.05) is 6.92 Å². The van der Waals surface area contributed by atoms with Crippen LogP contribution in [-0.4, -0.2) is 21.0 Å². The highest BCUT2D eigenvalue weighted by Crippen LogP contribution is 2.03. The summed E-state index contributed by atoms with van der Waals surface area (Å²) in [7, 11) is 0. The maximum absolute atomic E-state index is 12.7. The summed E-state index contributed by atoms with van der Waals surface area (Å²) in [5, 5.41) is 8.45.